The van der Waals surface area contributed by atoms with Crippen LogP contribution in [0.5, 0.6) is 0 Å². The molecular formula is C15H31NO2. The van der Waals surface area contributed by atoms with Gasteiger partial charge in [0.1, 0.15) is 0 Å². The number of nitrogens with one attached hydrogen (secondary N) is 1. The number of hydrogen-bond donors (Lipinski definition) is 1. The molecule has 3 nitrogen and oxygen atoms in total. The number of ether oxygens (including phenoxy) is 2. The van der Waals surface area contributed by atoms with E-state index >= 15 is 0 Å². The van der Waals surface area contributed by atoms with E-state index in [4.69, 9.17) is 9.47 Å². The Balaban J connectivity index is 2.08. The molecule has 0 aliphatic heterocycles. The first-order valence-electron chi connectivity index (χ1n) is 7.64. The van der Waals surface area contributed by atoms with Crippen molar-refractivity contribution < 1.29 is 9.47 Å². The lowest BCUT2D eigenvalue weighted by molar-refractivity contribution is -0.0432. The van der Waals surface area contributed by atoms with Crippen LogP contribution in [0.15, 0.2) is 0 Å². The van der Waals surface area contributed by atoms with E-state index in [0.29, 0.717) is 12.7 Å². The SMILES string of the molecule is CCCCCCC(C)OC(CNC1CC1)COC. The van der Waals surface area contributed by atoms with Gasteiger partial charge in [-0.3, -0.25) is 0 Å². The van der Waals surface area contributed by atoms with Crippen molar-refractivity contribution in [2.24, 2.45) is 0 Å². The molecule has 1 fully saturated rings. The molecule has 1 rings (SSSR count). The fourth-order valence-electron chi connectivity index (χ4n) is 2.17. The highest BCUT2D eigenvalue weighted by Gasteiger charge is 2.22. The van der Waals surface area contributed by atoms with Crippen molar-refractivity contribution in [1.29, 1.82) is 0 Å². The number of unbranched alkanes of at least 4 members (excludes halogenated alkanes) is 3. The molecule has 0 aromatic carbocycles. The summed E-state index contributed by atoms with van der Waals surface area (Å²) in [7, 11) is 1.75. The maximum Gasteiger partial charge on any atom is 0.0935 e. The van der Waals surface area contributed by atoms with Gasteiger partial charge in [0.25, 0.3) is 0 Å². The lowest BCUT2D eigenvalue weighted by Gasteiger charge is -2.22. The largest absolute Gasteiger partial charge is 0.382 e. The van der Waals surface area contributed by atoms with Gasteiger partial charge in [-0.25, -0.2) is 0 Å². The van der Waals surface area contributed by atoms with Crippen molar-refractivity contribution >= 4 is 0 Å². The second-order valence-corrected chi connectivity index (χ2v) is 5.56. The highest BCUT2D eigenvalue weighted by molar-refractivity contribution is 4.82. The molecule has 1 saturated carbocycles. The summed E-state index contributed by atoms with van der Waals surface area (Å²) in [5, 5.41) is 3.52. The number of rotatable bonds is 12. The van der Waals surface area contributed by atoms with E-state index in [9.17, 15) is 0 Å². The summed E-state index contributed by atoms with van der Waals surface area (Å²) in [4.78, 5) is 0. The summed E-state index contributed by atoms with van der Waals surface area (Å²) in [5.41, 5.74) is 0. The summed E-state index contributed by atoms with van der Waals surface area (Å²) in [6, 6.07) is 0.743. The molecule has 2 unspecified atom stereocenters. The normalized spacial score (nSPS) is 18.8. The summed E-state index contributed by atoms with van der Waals surface area (Å²) in [6.45, 7) is 6.06. The summed E-state index contributed by atoms with van der Waals surface area (Å²) < 4.78 is 11.3. The van der Waals surface area contributed by atoms with Gasteiger partial charge in [0.2, 0.25) is 0 Å². The molecule has 0 aromatic heterocycles. The van der Waals surface area contributed by atoms with E-state index in [-0.39, 0.29) is 6.10 Å². The van der Waals surface area contributed by atoms with Crippen molar-refractivity contribution in [3.63, 3.8) is 0 Å². The topological polar surface area (TPSA) is 30.5 Å². The van der Waals surface area contributed by atoms with Crippen LogP contribution in [-0.4, -0.2) is 38.5 Å². The van der Waals surface area contributed by atoms with Gasteiger partial charge < -0.3 is 14.8 Å². The van der Waals surface area contributed by atoms with Crippen LogP contribution in [0.3, 0.4) is 0 Å². The van der Waals surface area contributed by atoms with Crippen LogP contribution in [0, 0.1) is 0 Å². The van der Waals surface area contributed by atoms with Gasteiger partial charge in [0.05, 0.1) is 18.8 Å². The summed E-state index contributed by atoms with van der Waals surface area (Å²) in [6.07, 6.45) is 9.64. The fourth-order valence-corrected chi connectivity index (χ4v) is 2.17. The molecule has 0 amide bonds. The molecular weight excluding hydrogens is 226 g/mol. The summed E-state index contributed by atoms with van der Waals surface area (Å²) in [5.74, 6) is 0. The Labute approximate surface area is 113 Å². The Hall–Kier alpha value is -0.120. The van der Waals surface area contributed by atoms with Crippen molar-refractivity contribution in [3.05, 3.63) is 0 Å². The van der Waals surface area contributed by atoms with Gasteiger partial charge in [-0.05, 0) is 26.2 Å². The Bertz CT molecular complexity index is 195. The predicted molar refractivity (Wildman–Crippen MR) is 76.0 cm³/mol. The van der Waals surface area contributed by atoms with E-state index in [2.05, 4.69) is 19.2 Å². The molecule has 1 aliphatic carbocycles. The standard InChI is InChI=1S/C15H31NO2/c1-4-5-6-7-8-13(2)18-15(12-17-3)11-16-14-9-10-14/h13-16H,4-12H2,1-3H3. The third kappa shape index (κ3) is 8.06. The van der Waals surface area contributed by atoms with Crippen molar-refractivity contribution in [1.82, 2.24) is 5.32 Å². The molecule has 0 radical (unpaired) electrons. The Morgan fingerprint density at radius 2 is 2.00 bits per heavy atom. The van der Waals surface area contributed by atoms with Crippen LogP contribution in [0.25, 0.3) is 0 Å². The zero-order valence-corrected chi connectivity index (χ0v) is 12.4. The van der Waals surface area contributed by atoms with Crippen LogP contribution in [0.4, 0.5) is 0 Å². The first kappa shape index (κ1) is 15.9. The van der Waals surface area contributed by atoms with Crippen LogP contribution in [0.2, 0.25) is 0 Å². The monoisotopic (exact) mass is 257 g/mol. The molecule has 0 heterocycles. The predicted octanol–water partition coefficient (Wildman–Crippen LogP) is 3.13. The quantitative estimate of drug-likeness (QED) is 0.545. The van der Waals surface area contributed by atoms with Gasteiger partial charge in [0, 0.05) is 19.7 Å². The van der Waals surface area contributed by atoms with E-state index < -0.39 is 0 Å². The Morgan fingerprint density at radius 3 is 2.61 bits per heavy atom. The molecule has 0 spiro atoms. The maximum atomic E-state index is 6.06. The Kier molecular flexibility index (Phi) is 8.64. The zero-order valence-electron chi connectivity index (χ0n) is 12.4. The lowest BCUT2D eigenvalue weighted by Crippen LogP contribution is -2.36. The molecule has 1 N–H and O–H groups in total. The minimum absolute atomic E-state index is 0.205. The Morgan fingerprint density at radius 1 is 1.22 bits per heavy atom. The van der Waals surface area contributed by atoms with E-state index in [1.807, 2.05) is 0 Å². The molecule has 2 atom stereocenters. The minimum atomic E-state index is 0.205. The van der Waals surface area contributed by atoms with Crippen LogP contribution < -0.4 is 5.32 Å². The number of methoxy groups -OCH3 is 1. The fraction of sp³-hybridized carbons (Fsp3) is 1.00. The minimum Gasteiger partial charge on any atom is -0.382 e. The molecule has 108 valence electrons. The molecule has 0 saturated heterocycles. The maximum absolute atomic E-state index is 6.06. The highest BCUT2D eigenvalue weighted by Crippen LogP contribution is 2.18. The second-order valence-electron chi connectivity index (χ2n) is 5.56. The smallest absolute Gasteiger partial charge is 0.0935 e. The van der Waals surface area contributed by atoms with Crippen LogP contribution in [0.1, 0.15) is 58.8 Å². The van der Waals surface area contributed by atoms with Crippen LogP contribution in [-0.2, 0) is 9.47 Å². The molecule has 3 heteroatoms. The van der Waals surface area contributed by atoms with Crippen molar-refractivity contribution in [2.75, 3.05) is 20.3 Å². The molecule has 1 aliphatic rings. The third-order valence-electron chi connectivity index (χ3n) is 3.45. The highest BCUT2D eigenvalue weighted by atomic mass is 16.5. The van der Waals surface area contributed by atoms with Gasteiger partial charge in [-0.1, -0.05) is 32.6 Å². The van der Waals surface area contributed by atoms with E-state index in [1.54, 1.807) is 7.11 Å². The van der Waals surface area contributed by atoms with Gasteiger partial charge in [-0.2, -0.15) is 0 Å². The summed E-state index contributed by atoms with van der Waals surface area (Å²) >= 11 is 0. The van der Waals surface area contributed by atoms with Gasteiger partial charge in [0.15, 0.2) is 0 Å². The molecule has 0 aromatic rings. The van der Waals surface area contributed by atoms with Crippen molar-refractivity contribution in [2.45, 2.75) is 77.0 Å². The van der Waals surface area contributed by atoms with Gasteiger partial charge >= 0.3 is 0 Å². The first-order valence-corrected chi connectivity index (χ1v) is 7.64. The first-order chi connectivity index (χ1) is 8.76. The van der Waals surface area contributed by atoms with Gasteiger partial charge in [-0.15, -0.1) is 0 Å². The molecule has 18 heavy (non-hydrogen) atoms. The number of hydrogen-bond acceptors (Lipinski definition) is 3. The average molecular weight is 257 g/mol. The van der Waals surface area contributed by atoms with Crippen LogP contribution >= 0.6 is 0 Å². The lowest BCUT2D eigenvalue weighted by atomic mass is 10.1. The van der Waals surface area contributed by atoms with E-state index in [0.717, 1.165) is 12.6 Å². The molecule has 0 bridgehead atoms. The van der Waals surface area contributed by atoms with E-state index in [1.165, 1.54) is 44.9 Å². The second kappa shape index (κ2) is 9.76. The zero-order chi connectivity index (χ0) is 13.2. The third-order valence-corrected chi connectivity index (χ3v) is 3.45. The van der Waals surface area contributed by atoms with Crippen molar-refractivity contribution in [3.8, 4) is 0 Å². The average Bonchev–Trinajstić information content (AvgIpc) is 3.16.